The molecule has 0 aliphatic rings. The van der Waals surface area contributed by atoms with Crippen LogP contribution in [0, 0.1) is 10.1 Å². The summed E-state index contributed by atoms with van der Waals surface area (Å²) in [6, 6.07) is 6.52. The molecule has 0 unspecified atom stereocenters. The molecular weight excluding hydrogens is 234 g/mol. The molecule has 0 atom stereocenters. The van der Waals surface area contributed by atoms with Crippen LogP contribution in [-0.2, 0) is 6.42 Å². The Hall–Kier alpha value is -2.30. The zero-order chi connectivity index (χ0) is 13.1. The van der Waals surface area contributed by atoms with Crippen molar-refractivity contribution in [1.29, 1.82) is 0 Å². The Bertz CT molecular complexity index is 574. The largest absolute Gasteiger partial charge is 0.497 e. The summed E-state index contributed by atoms with van der Waals surface area (Å²) in [4.78, 5) is 10.6. The Morgan fingerprint density at radius 3 is 2.72 bits per heavy atom. The average molecular weight is 247 g/mol. The quantitative estimate of drug-likeness (QED) is 0.613. The first-order valence-corrected chi connectivity index (χ1v) is 5.56. The van der Waals surface area contributed by atoms with Crippen molar-refractivity contribution >= 4 is 5.69 Å². The second-order valence-electron chi connectivity index (χ2n) is 3.81. The van der Waals surface area contributed by atoms with Gasteiger partial charge in [-0.1, -0.05) is 6.92 Å². The standard InChI is InChI=1S/C13H13NO4/c1-3-9-6-13(18-8-9)11-5-4-10(17-2)7-12(11)14(15)16/h4-8H,3H2,1-2H3. The fourth-order valence-electron chi connectivity index (χ4n) is 1.70. The number of aryl methyl sites for hydroxylation is 1. The SMILES string of the molecule is CCc1coc(-c2ccc(OC)cc2[N+](=O)[O-])c1. The van der Waals surface area contributed by atoms with E-state index in [-0.39, 0.29) is 5.69 Å². The average Bonchev–Trinajstić information content (AvgIpc) is 2.86. The Morgan fingerprint density at radius 2 is 2.17 bits per heavy atom. The summed E-state index contributed by atoms with van der Waals surface area (Å²) in [6.45, 7) is 2.00. The van der Waals surface area contributed by atoms with Gasteiger partial charge in [0.15, 0.2) is 0 Å². The highest BCUT2D eigenvalue weighted by molar-refractivity contribution is 5.71. The van der Waals surface area contributed by atoms with Crippen LogP contribution in [0.1, 0.15) is 12.5 Å². The van der Waals surface area contributed by atoms with Crippen molar-refractivity contribution in [1.82, 2.24) is 0 Å². The van der Waals surface area contributed by atoms with Gasteiger partial charge in [-0.05, 0) is 30.2 Å². The second kappa shape index (κ2) is 4.91. The van der Waals surface area contributed by atoms with Crippen LogP contribution in [0.5, 0.6) is 5.75 Å². The van der Waals surface area contributed by atoms with Crippen LogP contribution in [0.15, 0.2) is 34.9 Å². The molecule has 0 radical (unpaired) electrons. The molecule has 1 aromatic carbocycles. The van der Waals surface area contributed by atoms with Gasteiger partial charge in [-0.15, -0.1) is 0 Å². The molecule has 5 nitrogen and oxygen atoms in total. The lowest BCUT2D eigenvalue weighted by Gasteiger charge is -2.02. The molecule has 5 heteroatoms. The predicted octanol–water partition coefficient (Wildman–Crippen LogP) is 3.43. The van der Waals surface area contributed by atoms with E-state index in [0.29, 0.717) is 17.1 Å². The number of rotatable bonds is 4. The minimum Gasteiger partial charge on any atom is -0.497 e. The Morgan fingerprint density at radius 1 is 1.39 bits per heavy atom. The summed E-state index contributed by atoms with van der Waals surface area (Å²) >= 11 is 0. The lowest BCUT2D eigenvalue weighted by molar-refractivity contribution is -0.384. The minimum absolute atomic E-state index is 0.0219. The molecule has 0 bridgehead atoms. The summed E-state index contributed by atoms with van der Waals surface area (Å²) in [6.07, 6.45) is 2.44. The highest BCUT2D eigenvalue weighted by Crippen LogP contribution is 2.34. The monoisotopic (exact) mass is 247 g/mol. The van der Waals surface area contributed by atoms with E-state index in [1.54, 1.807) is 18.4 Å². The van der Waals surface area contributed by atoms with Crippen molar-refractivity contribution in [2.45, 2.75) is 13.3 Å². The molecule has 0 saturated carbocycles. The van der Waals surface area contributed by atoms with Gasteiger partial charge in [0.05, 0.1) is 29.9 Å². The first kappa shape index (κ1) is 12.2. The third-order valence-electron chi connectivity index (χ3n) is 2.73. The van der Waals surface area contributed by atoms with Crippen molar-refractivity contribution in [2.75, 3.05) is 7.11 Å². The maximum absolute atomic E-state index is 11.0. The molecule has 0 aliphatic heterocycles. The molecule has 94 valence electrons. The fourth-order valence-corrected chi connectivity index (χ4v) is 1.70. The Balaban J connectivity index is 2.52. The number of nitrogens with zero attached hydrogens (tertiary/aromatic N) is 1. The molecule has 2 aromatic rings. The van der Waals surface area contributed by atoms with E-state index in [2.05, 4.69) is 0 Å². The van der Waals surface area contributed by atoms with Crippen LogP contribution in [0.3, 0.4) is 0 Å². The smallest absolute Gasteiger partial charge is 0.284 e. The van der Waals surface area contributed by atoms with Gasteiger partial charge in [-0.3, -0.25) is 10.1 Å². The molecule has 2 rings (SSSR count). The predicted molar refractivity (Wildman–Crippen MR) is 66.7 cm³/mol. The highest BCUT2D eigenvalue weighted by Gasteiger charge is 2.19. The molecule has 0 amide bonds. The second-order valence-corrected chi connectivity index (χ2v) is 3.81. The summed E-state index contributed by atoms with van der Waals surface area (Å²) in [5, 5.41) is 11.0. The van der Waals surface area contributed by atoms with E-state index < -0.39 is 4.92 Å². The molecule has 0 saturated heterocycles. The van der Waals surface area contributed by atoms with E-state index in [1.165, 1.54) is 13.2 Å². The number of benzene rings is 1. The summed E-state index contributed by atoms with van der Waals surface area (Å²) in [5.41, 5.74) is 1.45. The fraction of sp³-hybridized carbons (Fsp3) is 0.231. The lowest BCUT2D eigenvalue weighted by Crippen LogP contribution is -1.93. The number of furan rings is 1. The third-order valence-corrected chi connectivity index (χ3v) is 2.73. The number of hydrogen-bond donors (Lipinski definition) is 0. The number of nitro groups is 1. The van der Waals surface area contributed by atoms with Gasteiger partial charge in [0, 0.05) is 0 Å². The summed E-state index contributed by atoms with van der Waals surface area (Å²) in [5.74, 6) is 0.953. The van der Waals surface area contributed by atoms with Crippen LogP contribution in [-0.4, -0.2) is 12.0 Å². The molecule has 1 aromatic heterocycles. The number of hydrogen-bond acceptors (Lipinski definition) is 4. The van der Waals surface area contributed by atoms with Crippen LogP contribution < -0.4 is 4.74 Å². The van der Waals surface area contributed by atoms with Gasteiger partial charge in [0.25, 0.3) is 5.69 Å². The lowest BCUT2D eigenvalue weighted by atomic mass is 10.1. The van der Waals surface area contributed by atoms with Crippen molar-refractivity contribution in [3.05, 3.63) is 46.2 Å². The maximum Gasteiger partial charge on any atom is 0.284 e. The normalized spacial score (nSPS) is 10.3. The van der Waals surface area contributed by atoms with Gasteiger partial charge >= 0.3 is 0 Å². The van der Waals surface area contributed by atoms with Gasteiger partial charge < -0.3 is 9.15 Å². The molecule has 18 heavy (non-hydrogen) atoms. The first-order chi connectivity index (χ1) is 8.65. The molecular formula is C13H13NO4. The van der Waals surface area contributed by atoms with Crippen LogP contribution in [0.4, 0.5) is 5.69 Å². The summed E-state index contributed by atoms with van der Waals surface area (Å²) < 4.78 is 10.3. The van der Waals surface area contributed by atoms with Crippen LogP contribution in [0.25, 0.3) is 11.3 Å². The maximum atomic E-state index is 11.0. The Kier molecular flexibility index (Phi) is 3.32. The van der Waals surface area contributed by atoms with E-state index in [0.717, 1.165) is 12.0 Å². The van der Waals surface area contributed by atoms with Crippen LogP contribution >= 0.6 is 0 Å². The Labute approximate surface area is 104 Å². The molecule has 0 fully saturated rings. The molecule has 0 N–H and O–H groups in total. The third kappa shape index (κ3) is 2.20. The zero-order valence-corrected chi connectivity index (χ0v) is 10.2. The van der Waals surface area contributed by atoms with Crippen molar-refractivity contribution < 1.29 is 14.1 Å². The number of methoxy groups -OCH3 is 1. The summed E-state index contributed by atoms with van der Waals surface area (Å²) in [7, 11) is 1.47. The number of nitro benzene ring substituents is 1. The van der Waals surface area contributed by atoms with E-state index in [4.69, 9.17) is 9.15 Å². The van der Waals surface area contributed by atoms with E-state index in [1.807, 2.05) is 13.0 Å². The molecule has 0 spiro atoms. The van der Waals surface area contributed by atoms with Gasteiger partial charge in [-0.2, -0.15) is 0 Å². The van der Waals surface area contributed by atoms with Gasteiger partial charge in [0.1, 0.15) is 11.5 Å². The topological polar surface area (TPSA) is 65.5 Å². The molecule has 0 aliphatic carbocycles. The zero-order valence-electron chi connectivity index (χ0n) is 10.2. The van der Waals surface area contributed by atoms with Crippen LogP contribution in [0.2, 0.25) is 0 Å². The number of ether oxygens (including phenoxy) is 1. The highest BCUT2D eigenvalue weighted by atomic mass is 16.6. The molecule has 1 heterocycles. The van der Waals surface area contributed by atoms with Crippen molar-refractivity contribution in [3.63, 3.8) is 0 Å². The van der Waals surface area contributed by atoms with E-state index in [9.17, 15) is 10.1 Å². The van der Waals surface area contributed by atoms with Gasteiger partial charge in [-0.25, -0.2) is 0 Å². The van der Waals surface area contributed by atoms with E-state index >= 15 is 0 Å². The minimum atomic E-state index is -0.438. The van der Waals surface area contributed by atoms with Crippen molar-refractivity contribution in [3.8, 4) is 17.1 Å². The van der Waals surface area contributed by atoms with Gasteiger partial charge in [0.2, 0.25) is 0 Å². The first-order valence-electron chi connectivity index (χ1n) is 5.56. The van der Waals surface area contributed by atoms with Crippen molar-refractivity contribution in [2.24, 2.45) is 0 Å².